The van der Waals surface area contributed by atoms with Crippen molar-refractivity contribution in [2.75, 3.05) is 27.3 Å². The highest BCUT2D eigenvalue weighted by molar-refractivity contribution is 5.71. The lowest BCUT2D eigenvalue weighted by molar-refractivity contribution is -0.156. The fraction of sp³-hybridized carbons (Fsp3) is 0.680. The maximum absolute atomic E-state index is 12.2. The van der Waals surface area contributed by atoms with Crippen LogP contribution in [-0.2, 0) is 25.5 Å². The van der Waals surface area contributed by atoms with E-state index in [4.69, 9.17) is 14.2 Å². The molecule has 1 rings (SSSR count). The van der Waals surface area contributed by atoms with Crippen LogP contribution < -0.4 is 10.1 Å². The number of carbonyl (C=O) groups is 2. The summed E-state index contributed by atoms with van der Waals surface area (Å²) in [5.41, 5.74) is 0.936. The number of aryl methyl sites for hydroxylation is 1. The Labute approximate surface area is 197 Å². The van der Waals surface area contributed by atoms with Crippen LogP contribution in [0.25, 0.3) is 0 Å². The summed E-state index contributed by atoms with van der Waals surface area (Å²) in [6, 6.07) is 5.14. The van der Waals surface area contributed by atoms with E-state index in [-0.39, 0.29) is 36.8 Å². The molecule has 0 bridgehead atoms. The normalized spacial score (nSPS) is 13.7. The molecule has 0 fully saturated rings. The number of hydrogen-bond acceptors (Lipinski definition) is 8. The zero-order valence-electron chi connectivity index (χ0n) is 20.5. The van der Waals surface area contributed by atoms with Gasteiger partial charge in [0.2, 0.25) is 0 Å². The van der Waals surface area contributed by atoms with Gasteiger partial charge in [0.1, 0.15) is 12.2 Å². The number of carbonyl (C=O) groups excluding carboxylic acids is 2. The van der Waals surface area contributed by atoms with Crippen LogP contribution >= 0.6 is 0 Å². The van der Waals surface area contributed by atoms with Crippen molar-refractivity contribution in [3.05, 3.63) is 23.8 Å². The van der Waals surface area contributed by atoms with Crippen molar-refractivity contribution in [1.82, 2.24) is 5.32 Å². The van der Waals surface area contributed by atoms with E-state index in [1.807, 2.05) is 0 Å². The molecule has 1 aromatic carbocycles. The number of methoxy groups -OCH3 is 1. The largest absolute Gasteiger partial charge is 0.504 e. The molecule has 0 amide bonds. The van der Waals surface area contributed by atoms with E-state index < -0.39 is 12.2 Å². The Morgan fingerprint density at radius 3 is 2.45 bits per heavy atom. The zero-order chi connectivity index (χ0) is 24.6. The van der Waals surface area contributed by atoms with Crippen LogP contribution in [0, 0.1) is 5.92 Å². The van der Waals surface area contributed by atoms with E-state index in [9.17, 15) is 19.8 Å². The van der Waals surface area contributed by atoms with Crippen LogP contribution in [0.4, 0.5) is 0 Å². The first kappa shape index (κ1) is 28.7. The van der Waals surface area contributed by atoms with Gasteiger partial charge in [-0.3, -0.25) is 9.59 Å². The number of ether oxygens (including phenoxy) is 3. The fourth-order valence-corrected chi connectivity index (χ4v) is 3.95. The number of esters is 2. The molecule has 8 heteroatoms. The smallest absolute Gasteiger partial charge is 0.320 e. The lowest BCUT2D eigenvalue weighted by Gasteiger charge is -2.30. The molecule has 0 aromatic heterocycles. The molecular formula is C25H41NO7. The number of nitrogens with one attached hydrogen (secondary N) is 1. The van der Waals surface area contributed by atoms with E-state index >= 15 is 0 Å². The molecule has 0 saturated carbocycles. The topological polar surface area (TPSA) is 114 Å². The first-order chi connectivity index (χ1) is 15.8. The van der Waals surface area contributed by atoms with Crippen LogP contribution in [-0.4, -0.2) is 61.7 Å². The predicted molar refractivity (Wildman–Crippen MR) is 126 cm³/mol. The highest BCUT2D eigenvalue weighted by atomic mass is 16.6. The summed E-state index contributed by atoms with van der Waals surface area (Å²) in [5, 5.41) is 22.0. The Balaban J connectivity index is 3.03. The number of aliphatic hydroxyl groups is 1. The van der Waals surface area contributed by atoms with Crippen LogP contribution in [0.5, 0.6) is 11.5 Å². The maximum Gasteiger partial charge on any atom is 0.320 e. The second kappa shape index (κ2) is 16.3. The molecule has 33 heavy (non-hydrogen) atoms. The standard InChI is InChI=1S/C25H41NO7/c1-5-6-8-20(9-7-14-27)23(32-18(2)28)16-21(33-25(30)17-26-3)12-10-19-11-13-22(29)24(15-19)31-4/h11,13,15,20-21,23,26-27,29H,5-10,12,14,16-17H2,1-4H3/t20-,21+,23+/m1/s1. The lowest BCUT2D eigenvalue weighted by atomic mass is 9.87. The van der Waals surface area contributed by atoms with Crippen molar-refractivity contribution in [2.24, 2.45) is 5.92 Å². The molecule has 0 aliphatic rings. The molecule has 0 heterocycles. The third kappa shape index (κ3) is 11.4. The Morgan fingerprint density at radius 2 is 1.85 bits per heavy atom. The average Bonchev–Trinajstić information content (AvgIpc) is 2.77. The second-order valence-corrected chi connectivity index (χ2v) is 8.34. The third-order valence-electron chi connectivity index (χ3n) is 5.62. The first-order valence-electron chi connectivity index (χ1n) is 11.8. The predicted octanol–water partition coefficient (Wildman–Crippen LogP) is 3.37. The van der Waals surface area contributed by atoms with Crippen molar-refractivity contribution in [1.29, 1.82) is 0 Å². The quantitative estimate of drug-likeness (QED) is 0.299. The summed E-state index contributed by atoms with van der Waals surface area (Å²) in [5.74, 6) is -0.198. The molecule has 1 aromatic rings. The first-order valence-corrected chi connectivity index (χ1v) is 11.8. The summed E-state index contributed by atoms with van der Waals surface area (Å²) >= 11 is 0. The van der Waals surface area contributed by atoms with Crippen molar-refractivity contribution in [3.63, 3.8) is 0 Å². The van der Waals surface area contributed by atoms with Gasteiger partial charge in [0.05, 0.1) is 13.7 Å². The van der Waals surface area contributed by atoms with Gasteiger partial charge in [0.15, 0.2) is 11.5 Å². The van der Waals surface area contributed by atoms with Gasteiger partial charge in [0.25, 0.3) is 0 Å². The summed E-state index contributed by atoms with van der Waals surface area (Å²) in [6.45, 7) is 3.67. The van der Waals surface area contributed by atoms with E-state index in [1.165, 1.54) is 14.0 Å². The molecule has 0 unspecified atom stereocenters. The SMILES string of the molecule is CCCC[C@H](CCCO)[C@H](C[C@H](CCc1ccc(O)c(OC)c1)OC(=O)CNC)OC(C)=O. The zero-order valence-corrected chi connectivity index (χ0v) is 20.5. The Hall–Kier alpha value is -2.32. The molecule has 188 valence electrons. The van der Waals surface area contributed by atoms with Crippen LogP contribution in [0.2, 0.25) is 0 Å². The average molecular weight is 468 g/mol. The highest BCUT2D eigenvalue weighted by Gasteiger charge is 2.29. The lowest BCUT2D eigenvalue weighted by Crippen LogP contribution is -2.34. The molecule has 0 radical (unpaired) electrons. The molecule has 0 aliphatic heterocycles. The molecule has 0 aliphatic carbocycles. The van der Waals surface area contributed by atoms with Gasteiger partial charge in [-0.2, -0.15) is 0 Å². The van der Waals surface area contributed by atoms with Gasteiger partial charge in [0, 0.05) is 20.0 Å². The van der Waals surface area contributed by atoms with Crippen molar-refractivity contribution >= 4 is 11.9 Å². The van der Waals surface area contributed by atoms with Crippen LogP contribution in [0.1, 0.15) is 64.4 Å². The van der Waals surface area contributed by atoms with Crippen molar-refractivity contribution in [2.45, 2.75) is 77.4 Å². The number of phenols is 1. The minimum absolute atomic E-state index is 0.0656. The van der Waals surface area contributed by atoms with Crippen LogP contribution in [0.3, 0.4) is 0 Å². The molecule has 3 N–H and O–H groups in total. The Morgan fingerprint density at radius 1 is 1.12 bits per heavy atom. The number of aromatic hydroxyl groups is 1. The second-order valence-electron chi connectivity index (χ2n) is 8.34. The van der Waals surface area contributed by atoms with Crippen LogP contribution in [0.15, 0.2) is 18.2 Å². The Bertz CT molecular complexity index is 702. The monoisotopic (exact) mass is 467 g/mol. The summed E-state index contributed by atoms with van der Waals surface area (Å²) < 4.78 is 16.6. The molecule has 8 nitrogen and oxygen atoms in total. The van der Waals surface area contributed by atoms with Crippen molar-refractivity contribution in [3.8, 4) is 11.5 Å². The molecule has 3 atom stereocenters. The molecule has 0 saturated heterocycles. The van der Waals surface area contributed by atoms with E-state index in [1.54, 1.807) is 25.2 Å². The number of likely N-dealkylation sites (N-methyl/N-ethyl adjacent to an activating group) is 1. The van der Waals surface area contributed by atoms with Gasteiger partial charge in [-0.15, -0.1) is 0 Å². The van der Waals surface area contributed by atoms with Gasteiger partial charge in [-0.1, -0.05) is 25.8 Å². The minimum atomic E-state index is -0.451. The number of benzene rings is 1. The van der Waals surface area contributed by atoms with E-state index in [0.717, 1.165) is 31.2 Å². The summed E-state index contributed by atoms with van der Waals surface area (Å²) in [6.07, 6.45) is 4.92. The van der Waals surface area contributed by atoms with Crippen molar-refractivity contribution < 1.29 is 34.0 Å². The summed E-state index contributed by atoms with van der Waals surface area (Å²) in [4.78, 5) is 24.1. The number of rotatable bonds is 17. The number of unbranched alkanes of at least 4 members (excludes halogenated alkanes) is 1. The van der Waals surface area contributed by atoms with E-state index in [0.29, 0.717) is 31.4 Å². The third-order valence-corrected chi connectivity index (χ3v) is 5.62. The fourth-order valence-electron chi connectivity index (χ4n) is 3.95. The summed E-state index contributed by atoms with van der Waals surface area (Å²) in [7, 11) is 3.17. The minimum Gasteiger partial charge on any atom is -0.504 e. The highest BCUT2D eigenvalue weighted by Crippen LogP contribution is 2.29. The maximum atomic E-state index is 12.2. The Kier molecular flexibility index (Phi) is 14.2. The van der Waals surface area contributed by atoms with E-state index in [2.05, 4.69) is 12.2 Å². The molecule has 0 spiro atoms. The van der Waals surface area contributed by atoms with Gasteiger partial charge in [-0.25, -0.2) is 0 Å². The van der Waals surface area contributed by atoms with Gasteiger partial charge < -0.3 is 29.7 Å². The number of hydrogen-bond donors (Lipinski definition) is 3. The number of aliphatic hydroxyl groups excluding tert-OH is 1. The van der Waals surface area contributed by atoms with Gasteiger partial charge in [-0.05, 0) is 62.8 Å². The van der Waals surface area contributed by atoms with Gasteiger partial charge >= 0.3 is 11.9 Å². The molecular weight excluding hydrogens is 426 g/mol. The number of phenolic OH excluding ortho intramolecular Hbond substituents is 1.